The molecule has 5 aromatic rings. The first-order valence-corrected chi connectivity index (χ1v) is 26.3. The van der Waals surface area contributed by atoms with Crippen LogP contribution >= 0.6 is 30.6 Å². The van der Waals surface area contributed by atoms with Crippen molar-refractivity contribution in [1.29, 1.82) is 0 Å². The fourth-order valence-corrected chi connectivity index (χ4v) is 18.3. The molecule has 1 heterocycles. The van der Waals surface area contributed by atoms with E-state index in [1.54, 1.807) is 0 Å². The summed E-state index contributed by atoms with van der Waals surface area (Å²) in [5.74, 6) is 2.22. The van der Waals surface area contributed by atoms with Crippen molar-refractivity contribution < 1.29 is 36.2 Å². The summed E-state index contributed by atoms with van der Waals surface area (Å²) in [6, 6.07) is 38.0. The van der Waals surface area contributed by atoms with Crippen LogP contribution in [0.15, 0.2) is 139 Å². The van der Waals surface area contributed by atoms with E-state index in [0.29, 0.717) is 48.0 Å². The summed E-state index contributed by atoms with van der Waals surface area (Å²) in [6.45, 7) is 16.6. The van der Waals surface area contributed by atoms with Gasteiger partial charge in [-0.25, -0.2) is 0 Å². The van der Waals surface area contributed by atoms with Crippen LogP contribution in [-0.2, 0) is 13.6 Å². The van der Waals surface area contributed by atoms with Crippen LogP contribution in [0.2, 0.25) is 0 Å². The van der Waals surface area contributed by atoms with Gasteiger partial charge in [0, 0.05) is 0 Å². The van der Waals surface area contributed by atoms with Crippen LogP contribution in [0.25, 0.3) is 0 Å². The zero-order chi connectivity index (χ0) is 42.6. The van der Waals surface area contributed by atoms with Crippen molar-refractivity contribution in [2.45, 2.75) is 74.7 Å². The first-order chi connectivity index (χ1) is 28.9. The van der Waals surface area contributed by atoms with Gasteiger partial charge in [-0.05, 0) is 142 Å². The predicted molar refractivity (Wildman–Crippen MR) is 245 cm³/mol. The van der Waals surface area contributed by atoms with Gasteiger partial charge in [-0.2, -0.15) is 0 Å². The molecule has 1 unspecified atom stereocenters. The Morgan fingerprint density at radius 2 is 0.567 bits per heavy atom. The molecule has 0 fully saturated rings. The van der Waals surface area contributed by atoms with Crippen molar-refractivity contribution >= 4 is 30.6 Å². The summed E-state index contributed by atoms with van der Waals surface area (Å²) in [5.41, 5.74) is 4.75. The fraction of sp³-hybridized carbons (Fsp3) is 0.318. The molecule has 1 atom stereocenters. The van der Waals surface area contributed by atoms with Gasteiger partial charge >= 0.3 is 30.6 Å². The largest absolute Gasteiger partial charge is 0.460 e. The Morgan fingerprint density at radius 1 is 0.333 bits per heavy atom. The Hall–Kier alpha value is -4.10. The van der Waals surface area contributed by atoms with E-state index in [9.17, 15) is 0 Å². The van der Waals surface area contributed by atoms with E-state index in [1.807, 2.05) is 177 Å². The third-order valence-electron chi connectivity index (χ3n) is 8.36. The zero-order valence-corrected chi connectivity index (χ0v) is 39.2. The minimum Gasteiger partial charge on any atom is -0.422 e. The van der Waals surface area contributed by atoms with Crippen LogP contribution < -0.4 is 22.6 Å². The predicted octanol–water partition coefficient (Wildman–Crippen LogP) is 16.0. The molecule has 16 heteroatoms. The maximum absolute atomic E-state index is 7.11. The van der Waals surface area contributed by atoms with Gasteiger partial charge in [0.2, 0.25) is 0 Å². The summed E-state index contributed by atoms with van der Waals surface area (Å²) in [5, 5.41) is 0. The second kappa shape index (κ2) is 20.6. The molecule has 12 nitrogen and oxygen atoms in total. The standard InChI is InChI=1S/C44H56N4O8P4/c1-9-27-49-57(50-28-10-2)45-58(51-29-11-3,52-40-22-12-17-35(4)30-40)47-60(55-43-25-15-20-38(7)33-43,56-44-26-16-21-39(8)34-44)48-59(46-57,53-41-23-13-18-36(5)31-41)54-42-24-14-19-37(6)32-42/h12-26,30-34H,9-11,27-29H2,1-8H3. The van der Waals surface area contributed by atoms with Crippen molar-refractivity contribution in [2.24, 2.45) is 18.1 Å². The minimum atomic E-state index is -4.21. The van der Waals surface area contributed by atoms with Gasteiger partial charge in [0.05, 0.1) is 19.8 Å². The summed E-state index contributed by atoms with van der Waals surface area (Å²) in [6.07, 6.45) is 1.87. The zero-order valence-electron chi connectivity index (χ0n) is 35.6. The molecule has 0 amide bonds. The number of hydrogen-bond donors (Lipinski definition) is 0. The molecular weight excluding hydrogens is 836 g/mol. The second-order valence-electron chi connectivity index (χ2n) is 14.4. The number of hydrogen-bond acceptors (Lipinski definition) is 12. The van der Waals surface area contributed by atoms with Crippen molar-refractivity contribution in [2.75, 3.05) is 19.8 Å². The van der Waals surface area contributed by atoms with Crippen molar-refractivity contribution in [1.82, 2.24) is 0 Å². The van der Waals surface area contributed by atoms with Crippen LogP contribution in [0.1, 0.15) is 67.9 Å². The minimum absolute atomic E-state index is 0.211. The highest BCUT2D eigenvalue weighted by atomic mass is 31.3. The number of rotatable bonds is 19. The average molecular weight is 893 g/mol. The molecule has 60 heavy (non-hydrogen) atoms. The summed E-state index contributed by atoms with van der Waals surface area (Å²) in [4.78, 5) is 0. The van der Waals surface area contributed by atoms with E-state index >= 15 is 0 Å². The van der Waals surface area contributed by atoms with E-state index in [0.717, 1.165) is 27.8 Å². The molecule has 0 saturated heterocycles. The molecule has 0 aromatic heterocycles. The highest BCUT2D eigenvalue weighted by Crippen LogP contribution is 2.80. The van der Waals surface area contributed by atoms with Crippen LogP contribution in [0, 0.1) is 34.6 Å². The Kier molecular flexibility index (Phi) is 15.6. The first kappa shape index (κ1) is 45.4. The lowest BCUT2D eigenvalue weighted by atomic mass is 10.2. The molecule has 0 saturated carbocycles. The maximum atomic E-state index is 7.11. The molecular formula is C44H56N4O8P4. The van der Waals surface area contributed by atoms with Gasteiger partial charge in [-0.3, -0.25) is 4.52 Å². The topological polar surface area (TPSA) is 123 Å². The summed E-state index contributed by atoms with van der Waals surface area (Å²) in [7, 11) is -16.3. The van der Waals surface area contributed by atoms with Crippen molar-refractivity contribution in [3.63, 3.8) is 0 Å². The number of nitrogens with zero attached hydrogens (tertiary/aromatic N) is 4. The Balaban J connectivity index is 1.84. The van der Waals surface area contributed by atoms with E-state index in [-0.39, 0.29) is 19.8 Å². The molecule has 6 rings (SSSR count). The van der Waals surface area contributed by atoms with Gasteiger partial charge in [0.15, 0.2) is 0 Å². The normalized spacial score (nSPS) is 17.6. The Morgan fingerprint density at radius 3 is 0.850 bits per heavy atom. The number of aryl methyl sites for hydroxylation is 5. The van der Waals surface area contributed by atoms with Crippen molar-refractivity contribution in [3.8, 4) is 28.7 Å². The van der Waals surface area contributed by atoms with Crippen LogP contribution in [-0.4, -0.2) is 19.8 Å². The molecule has 320 valence electrons. The SMILES string of the molecule is CCCOP1(OCCC)=NP(Oc2cccc(C)c2)(Oc2cccc(C)c2)=NP(Oc2cccc(C)c2)(Oc2cccc(C)c2)=NP(OCCC)(Oc2cccc(C)c2)=N1. The van der Waals surface area contributed by atoms with Crippen LogP contribution in [0.5, 0.6) is 28.7 Å². The van der Waals surface area contributed by atoms with Crippen LogP contribution in [0.4, 0.5) is 0 Å². The molecule has 0 spiro atoms. The van der Waals surface area contributed by atoms with Crippen LogP contribution in [0.3, 0.4) is 0 Å². The van der Waals surface area contributed by atoms with Crippen molar-refractivity contribution in [3.05, 3.63) is 149 Å². The third kappa shape index (κ3) is 12.5. The molecule has 0 N–H and O–H groups in total. The molecule has 0 bridgehead atoms. The van der Waals surface area contributed by atoms with E-state index in [1.165, 1.54) is 0 Å². The Bertz CT molecular complexity index is 2380. The monoisotopic (exact) mass is 892 g/mol. The highest BCUT2D eigenvalue weighted by molar-refractivity contribution is 7.79. The second-order valence-corrected chi connectivity index (χ2v) is 22.8. The highest BCUT2D eigenvalue weighted by Gasteiger charge is 2.47. The smallest absolute Gasteiger partial charge is 0.422 e. The quantitative estimate of drug-likeness (QED) is 0.0751. The van der Waals surface area contributed by atoms with Gasteiger partial charge < -0.3 is 31.7 Å². The molecule has 0 radical (unpaired) electrons. The van der Waals surface area contributed by atoms with Gasteiger partial charge in [-0.15, -0.1) is 13.5 Å². The molecule has 1 aliphatic rings. The van der Waals surface area contributed by atoms with E-state index < -0.39 is 30.6 Å². The van der Waals surface area contributed by atoms with E-state index in [2.05, 4.69) is 0 Å². The van der Waals surface area contributed by atoms with Gasteiger partial charge in [0.25, 0.3) is 0 Å². The lowest BCUT2D eigenvalue weighted by Gasteiger charge is -2.33. The summed E-state index contributed by atoms with van der Waals surface area (Å²) >= 11 is 0. The lowest BCUT2D eigenvalue weighted by molar-refractivity contribution is 0.238. The third-order valence-corrected chi connectivity index (χ3v) is 19.4. The molecule has 1 aliphatic heterocycles. The summed E-state index contributed by atoms with van der Waals surface area (Å²) < 4.78 is 77.7. The Labute approximate surface area is 356 Å². The van der Waals surface area contributed by atoms with Gasteiger partial charge in [0.1, 0.15) is 28.7 Å². The first-order valence-electron chi connectivity index (χ1n) is 20.2. The average Bonchev–Trinajstić information content (AvgIpc) is 3.18. The molecule has 0 aliphatic carbocycles. The lowest BCUT2D eigenvalue weighted by Crippen LogP contribution is -2.10. The maximum Gasteiger partial charge on any atom is 0.460 e. The van der Waals surface area contributed by atoms with Gasteiger partial charge in [-0.1, -0.05) is 86.0 Å². The van der Waals surface area contributed by atoms with E-state index in [4.69, 9.17) is 54.3 Å². The number of benzene rings is 5. The molecule has 5 aromatic carbocycles. The fourth-order valence-electron chi connectivity index (χ4n) is 5.76.